The van der Waals surface area contributed by atoms with Crippen LogP contribution in [0.2, 0.25) is 0 Å². The number of alkyl halides is 1. The van der Waals surface area contributed by atoms with Crippen LogP contribution in [0.5, 0.6) is 5.75 Å². The lowest BCUT2D eigenvalue weighted by Crippen LogP contribution is -2.10. The lowest BCUT2D eigenvalue weighted by molar-refractivity contribution is 0.414. The quantitative estimate of drug-likeness (QED) is 0.699. The van der Waals surface area contributed by atoms with Gasteiger partial charge in [-0.2, -0.15) is 0 Å². The van der Waals surface area contributed by atoms with Crippen molar-refractivity contribution in [1.29, 1.82) is 0 Å². The van der Waals surface area contributed by atoms with Gasteiger partial charge in [0.2, 0.25) is 0 Å². The highest BCUT2D eigenvalue weighted by atomic mass is 79.9. The first-order valence-corrected chi connectivity index (χ1v) is 7.76. The van der Waals surface area contributed by atoms with Gasteiger partial charge in [-0.15, -0.1) is 0 Å². The van der Waals surface area contributed by atoms with Crippen LogP contribution in [0.25, 0.3) is 0 Å². The summed E-state index contributed by atoms with van der Waals surface area (Å²) in [7, 11) is 1.68. The molecular weight excluding hydrogens is 319 g/mol. The van der Waals surface area contributed by atoms with Crippen LogP contribution >= 0.6 is 15.9 Å². The van der Waals surface area contributed by atoms with E-state index < -0.39 is 0 Å². The Bertz CT molecular complexity index is 539. The first-order chi connectivity index (χ1) is 9.71. The predicted octanol–water partition coefficient (Wildman–Crippen LogP) is 4.63. The Kier molecular flexibility index (Phi) is 5.60. The third-order valence-electron chi connectivity index (χ3n) is 3.31. The minimum Gasteiger partial charge on any atom is -0.497 e. The largest absolute Gasteiger partial charge is 0.497 e. The first-order valence-electron chi connectivity index (χ1n) is 6.64. The van der Waals surface area contributed by atoms with E-state index in [9.17, 15) is 4.39 Å². The summed E-state index contributed by atoms with van der Waals surface area (Å²) >= 11 is 3.58. The highest BCUT2D eigenvalue weighted by Crippen LogP contribution is 2.20. The fourth-order valence-electron chi connectivity index (χ4n) is 2.27. The molecule has 2 aromatic carbocycles. The topological polar surface area (TPSA) is 9.23 Å². The fourth-order valence-corrected chi connectivity index (χ4v) is 2.73. The molecule has 0 spiro atoms. The standard InChI is InChI=1S/C17H18BrFO/c1-20-17-4-2-3-14(11-17)10-15(12-18)9-13-5-7-16(19)8-6-13/h2-8,11,15H,9-10,12H2,1H3. The molecule has 1 unspecified atom stereocenters. The molecule has 0 aliphatic heterocycles. The molecule has 1 nitrogen and oxygen atoms in total. The molecule has 0 aromatic heterocycles. The highest BCUT2D eigenvalue weighted by molar-refractivity contribution is 9.09. The van der Waals surface area contributed by atoms with Gasteiger partial charge in [-0.1, -0.05) is 40.2 Å². The predicted molar refractivity (Wildman–Crippen MR) is 84.1 cm³/mol. The summed E-state index contributed by atoms with van der Waals surface area (Å²) in [6.07, 6.45) is 1.91. The Hall–Kier alpha value is -1.35. The van der Waals surface area contributed by atoms with Gasteiger partial charge in [0.15, 0.2) is 0 Å². The molecule has 0 aliphatic rings. The van der Waals surface area contributed by atoms with Gasteiger partial charge in [0.05, 0.1) is 7.11 Å². The Morgan fingerprint density at radius 3 is 2.40 bits per heavy atom. The van der Waals surface area contributed by atoms with Gasteiger partial charge in [-0.3, -0.25) is 0 Å². The molecule has 0 saturated carbocycles. The van der Waals surface area contributed by atoms with E-state index in [2.05, 4.69) is 28.1 Å². The molecule has 20 heavy (non-hydrogen) atoms. The highest BCUT2D eigenvalue weighted by Gasteiger charge is 2.10. The lowest BCUT2D eigenvalue weighted by atomic mass is 9.94. The number of benzene rings is 2. The van der Waals surface area contributed by atoms with Crippen molar-refractivity contribution in [2.45, 2.75) is 12.8 Å². The van der Waals surface area contributed by atoms with Gasteiger partial charge in [-0.25, -0.2) is 4.39 Å². The minimum absolute atomic E-state index is 0.183. The molecule has 106 valence electrons. The first kappa shape index (κ1) is 15.0. The molecule has 0 fully saturated rings. The van der Waals surface area contributed by atoms with Crippen LogP contribution in [0.15, 0.2) is 48.5 Å². The van der Waals surface area contributed by atoms with E-state index in [4.69, 9.17) is 4.74 Å². The van der Waals surface area contributed by atoms with Crippen LogP contribution < -0.4 is 4.74 Å². The third kappa shape index (κ3) is 4.34. The second kappa shape index (κ2) is 7.44. The van der Waals surface area contributed by atoms with Crippen molar-refractivity contribution < 1.29 is 9.13 Å². The molecular formula is C17H18BrFO. The average Bonchev–Trinajstić information content (AvgIpc) is 2.49. The van der Waals surface area contributed by atoms with Crippen molar-refractivity contribution in [3.63, 3.8) is 0 Å². The Labute approximate surface area is 127 Å². The Morgan fingerprint density at radius 1 is 1.05 bits per heavy atom. The van der Waals surface area contributed by atoms with Gasteiger partial charge in [0.25, 0.3) is 0 Å². The molecule has 0 radical (unpaired) electrons. The number of hydrogen-bond donors (Lipinski definition) is 0. The van der Waals surface area contributed by atoms with Crippen LogP contribution in [-0.2, 0) is 12.8 Å². The van der Waals surface area contributed by atoms with Crippen LogP contribution in [0, 0.1) is 11.7 Å². The maximum atomic E-state index is 12.9. The minimum atomic E-state index is -0.183. The third-order valence-corrected chi connectivity index (χ3v) is 4.23. The van der Waals surface area contributed by atoms with E-state index in [0.717, 1.165) is 23.9 Å². The smallest absolute Gasteiger partial charge is 0.123 e. The summed E-state index contributed by atoms with van der Waals surface area (Å²) in [6, 6.07) is 14.9. The summed E-state index contributed by atoms with van der Waals surface area (Å²) in [6.45, 7) is 0. The second-order valence-corrected chi connectivity index (χ2v) is 5.55. The second-order valence-electron chi connectivity index (χ2n) is 4.91. The van der Waals surface area contributed by atoms with E-state index in [-0.39, 0.29) is 5.82 Å². The maximum absolute atomic E-state index is 12.9. The summed E-state index contributed by atoms with van der Waals surface area (Å²) < 4.78 is 18.2. The number of halogens is 2. The van der Waals surface area contributed by atoms with Gasteiger partial charge in [0, 0.05) is 5.33 Å². The Morgan fingerprint density at radius 2 is 1.75 bits per heavy atom. The lowest BCUT2D eigenvalue weighted by Gasteiger charge is -2.15. The summed E-state index contributed by atoms with van der Waals surface area (Å²) in [5.74, 6) is 1.18. The number of hydrogen-bond acceptors (Lipinski definition) is 1. The van der Waals surface area contributed by atoms with Gasteiger partial charge in [0.1, 0.15) is 11.6 Å². The van der Waals surface area contributed by atoms with Crippen molar-refractivity contribution in [3.05, 3.63) is 65.5 Å². The zero-order chi connectivity index (χ0) is 14.4. The average molecular weight is 337 g/mol. The maximum Gasteiger partial charge on any atom is 0.123 e. The van der Waals surface area contributed by atoms with E-state index >= 15 is 0 Å². The van der Waals surface area contributed by atoms with E-state index in [1.807, 2.05) is 24.3 Å². The number of ether oxygens (including phenoxy) is 1. The van der Waals surface area contributed by atoms with Gasteiger partial charge in [-0.05, 0) is 54.2 Å². The van der Waals surface area contributed by atoms with Gasteiger partial charge < -0.3 is 4.74 Å². The van der Waals surface area contributed by atoms with Crippen molar-refractivity contribution in [3.8, 4) is 5.75 Å². The summed E-state index contributed by atoms with van der Waals surface area (Å²) in [5.41, 5.74) is 2.43. The summed E-state index contributed by atoms with van der Waals surface area (Å²) in [5, 5.41) is 0.918. The SMILES string of the molecule is COc1cccc(CC(CBr)Cc2ccc(F)cc2)c1. The molecule has 0 aliphatic carbocycles. The molecule has 0 bridgehead atoms. The Balaban J connectivity index is 2.02. The zero-order valence-electron chi connectivity index (χ0n) is 11.5. The summed E-state index contributed by atoms with van der Waals surface area (Å²) in [4.78, 5) is 0. The molecule has 0 amide bonds. The van der Waals surface area contributed by atoms with Crippen LogP contribution in [-0.4, -0.2) is 12.4 Å². The van der Waals surface area contributed by atoms with Crippen LogP contribution in [0.4, 0.5) is 4.39 Å². The molecule has 0 heterocycles. The number of methoxy groups -OCH3 is 1. The van der Waals surface area contributed by atoms with Crippen molar-refractivity contribution in [1.82, 2.24) is 0 Å². The molecule has 2 aromatic rings. The zero-order valence-corrected chi connectivity index (χ0v) is 13.1. The van der Waals surface area contributed by atoms with Crippen LogP contribution in [0.3, 0.4) is 0 Å². The molecule has 1 atom stereocenters. The molecule has 0 saturated heterocycles. The van der Waals surface area contributed by atoms with E-state index in [1.54, 1.807) is 7.11 Å². The van der Waals surface area contributed by atoms with E-state index in [0.29, 0.717) is 5.92 Å². The van der Waals surface area contributed by atoms with Crippen molar-refractivity contribution >= 4 is 15.9 Å². The van der Waals surface area contributed by atoms with Crippen molar-refractivity contribution in [2.24, 2.45) is 5.92 Å². The van der Waals surface area contributed by atoms with E-state index in [1.165, 1.54) is 23.3 Å². The van der Waals surface area contributed by atoms with Gasteiger partial charge >= 0.3 is 0 Å². The fraction of sp³-hybridized carbons (Fsp3) is 0.294. The molecule has 2 rings (SSSR count). The monoisotopic (exact) mass is 336 g/mol. The number of rotatable bonds is 6. The molecule has 3 heteroatoms. The van der Waals surface area contributed by atoms with Crippen LogP contribution in [0.1, 0.15) is 11.1 Å². The normalized spacial score (nSPS) is 12.2. The molecule has 0 N–H and O–H groups in total. The van der Waals surface area contributed by atoms with Crippen molar-refractivity contribution in [2.75, 3.05) is 12.4 Å².